The first-order valence-electron chi connectivity index (χ1n) is 9.57. The van der Waals surface area contributed by atoms with E-state index in [9.17, 15) is 9.50 Å². The molecule has 1 aliphatic carbocycles. The third-order valence-corrected chi connectivity index (χ3v) is 5.14. The number of nitrogens with zero attached hydrogens (tertiary/aromatic N) is 3. The maximum absolute atomic E-state index is 13.4. The number of aliphatic hydroxyl groups excluding tert-OH is 1. The molecule has 0 fully saturated rings. The number of aryl methyl sites for hydroxylation is 1. The summed E-state index contributed by atoms with van der Waals surface area (Å²) in [6.07, 6.45) is 3.32. The first-order valence-corrected chi connectivity index (χ1v) is 9.57. The van der Waals surface area contributed by atoms with Gasteiger partial charge < -0.3 is 10.9 Å². The maximum Gasteiger partial charge on any atom is 0.162 e. The van der Waals surface area contributed by atoms with Crippen LogP contribution in [0, 0.1) is 18.7 Å². The number of hydrogen-bond donors (Lipinski definition) is 2. The highest BCUT2D eigenvalue weighted by molar-refractivity contribution is 6.25. The first-order chi connectivity index (χ1) is 14.5. The van der Waals surface area contributed by atoms with Gasteiger partial charge in [0.05, 0.1) is 23.0 Å². The molecule has 1 heterocycles. The molecule has 0 radical (unpaired) electrons. The molecule has 6 heteroatoms. The van der Waals surface area contributed by atoms with E-state index in [4.69, 9.17) is 15.8 Å². The molecular formula is C24H21FN4O. The highest BCUT2D eigenvalue weighted by atomic mass is 19.1. The van der Waals surface area contributed by atoms with E-state index in [1.165, 1.54) is 12.1 Å². The summed E-state index contributed by atoms with van der Waals surface area (Å²) in [7, 11) is 0. The van der Waals surface area contributed by atoms with Crippen molar-refractivity contribution in [1.82, 2.24) is 9.97 Å². The molecule has 3 aromatic rings. The van der Waals surface area contributed by atoms with E-state index in [0.29, 0.717) is 22.8 Å². The predicted octanol–water partition coefficient (Wildman–Crippen LogP) is 5.05. The van der Waals surface area contributed by atoms with Crippen LogP contribution in [0.25, 0.3) is 28.1 Å². The van der Waals surface area contributed by atoms with E-state index in [0.717, 1.165) is 22.4 Å². The van der Waals surface area contributed by atoms with Crippen LogP contribution < -0.4 is 5.84 Å². The number of rotatable bonds is 3. The van der Waals surface area contributed by atoms with Crippen molar-refractivity contribution in [3.8, 4) is 22.5 Å². The molecule has 150 valence electrons. The Morgan fingerprint density at radius 3 is 2.07 bits per heavy atom. The fraction of sp³-hybridized carbons (Fsp3) is 0.125. The van der Waals surface area contributed by atoms with Crippen molar-refractivity contribution >= 4 is 11.3 Å². The highest BCUT2D eigenvalue weighted by Gasteiger charge is 2.26. The molecule has 1 aliphatic rings. The predicted molar refractivity (Wildman–Crippen MR) is 117 cm³/mol. The Kier molecular flexibility index (Phi) is 5.14. The molecule has 0 saturated heterocycles. The number of nitrogens with two attached hydrogens (primary N) is 1. The van der Waals surface area contributed by atoms with Crippen LogP contribution in [0.1, 0.15) is 18.3 Å². The summed E-state index contributed by atoms with van der Waals surface area (Å²) in [5, 5.41) is 13.9. The fourth-order valence-corrected chi connectivity index (χ4v) is 3.35. The average molecular weight is 400 g/mol. The van der Waals surface area contributed by atoms with Crippen LogP contribution in [-0.4, -0.2) is 20.8 Å². The molecule has 0 saturated carbocycles. The molecule has 0 spiro atoms. The molecule has 30 heavy (non-hydrogen) atoms. The van der Waals surface area contributed by atoms with Crippen molar-refractivity contribution in [3.63, 3.8) is 0 Å². The number of aliphatic hydroxyl groups is 1. The monoisotopic (exact) mass is 400 g/mol. The Labute approximate surface area is 174 Å². The lowest BCUT2D eigenvalue weighted by Gasteiger charge is -2.20. The van der Waals surface area contributed by atoms with Gasteiger partial charge in [-0.05, 0) is 56.3 Å². The topological polar surface area (TPSA) is 84.4 Å². The number of benzene rings is 2. The molecular weight excluding hydrogens is 379 g/mol. The molecule has 5 nitrogen and oxygen atoms in total. The minimum atomic E-state index is -0.365. The van der Waals surface area contributed by atoms with Gasteiger partial charge in [-0.2, -0.15) is 5.10 Å². The number of hydrazone groups is 1. The van der Waals surface area contributed by atoms with Gasteiger partial charge in [-0.25, -0.2) is 14.4 Å². The van der Waals surface area contributed by atoms with Crippen molar-refractivity contribution in [2.45, 2.75) is 13.8 Å². The van der Waals surface area contributed by atoms with Gasteiger partial charge in [0, 0.05) is 16.7 Å². The van der Waals surface area contributed by atoms with Crippen molar-refractivity contribution in [1.29, 1.82) is 0 Å². The molecule has 0 bridgehead atoms. The van der Waals surface area contributed by atoms with Gasteiger partial charge in [-0.3, -0.25) is 0 Å². The molecule has 1 atom stereocenters. The molecule has 0 aliphatic heterocycles. The Balaban J connectivity index is 1.92. The number of hydrogen-bond acceptors (Lipinski definition) is 5. The zero-order chi connectivity index (χ0) is 21.3. The van der Waals surface area contributed by atoms with E-state index >= 15 is 0 Å². The summed E-state index contributed by atoms with van der Waals surface area (Å²) in [5.41, 5.74) is 5.36. The Morgan fingerprint density at radius 2 is 1.50 bits per heavy atom. The minimum absolute atomic E-state index is 0.177. The second kappa shape index (κ2) is 7.91. The van der Waals surface area contributed by atoms with Gasteiger partial charge in [-0.15, -0.1) is 0 Å². The lowest BCUT2D eigenvalue weighted by molar-refractivity contribution is 0.372. The zero-order valence-corrected chi connectivity index (χ0v) is 16.7. The third-order valence-electron chi connectivity index (χ3n) is 5.14. The van der Waals surface area contributed by atoms with Crippen LogP contribution in [0.5, 0.6) is 0 Å². The van der Waals surface area contributed by atoms with Gasteiger partial charge >= 0.3 is 0 Å². The lowest BCUT2D eigenvalue weighted by Crippen LogP contribution is -2.21. The van der Waals surface area contributed by atoms with E-state index in [1.54, 1.807) is 24.3 Å². The summed E-state index contributed by atoms with van der Waals surface area (Å²) in [4.78, 5) is 9.47. The summed E-state index contributed by atoms with van der Waals surface area (Å²) in [6.45, 7) is 3.84. The van der Waals surface area contributed by atoms with Crippen LogP contribution in [0.3, 0.4) is 0 Å². The van der Waals surface area contributed by atoms with Crippen LogP contribution >= 0.6 is 0 Å². The Morgan fingerprint density at radius 1 is 0.933 bits per heavy atom. The minimum Gasteiger partial charge on any atom is -0.512 e. The second-order valence-electron chi connectivity index (χ2n) is 7.24. The molecule has 0 amide bonds. The van der Waals surface area contributed by atoms with Gasteiger partial charge in [0.15, 0.2) is 5.82 Å². The largest absolute Gasteiger partial charge is 0.512 e. The van der Waals surface area contributed by atoms with E-state index < -0.39 is 0 Å². The second-order valence-corrected chi connectivity index (χ2v) is 7.24. The van der Waals surface area contributed by atoms with E-state index in [2.05, 4.69) is 5.10 Å². The van der Waals surface area contributed by atoms with Gasteiger partial charge in [0.25, 0.3) is 0 Å². The number of halogens is 1. The quantitative estimate of drug-likeness (QED) is 0.476. The zero-order valence-electron chi connectivity index (χ0n) is 16.7. The standard InChI is InChI=1S/C24H21FN4O/c1-14-3-5-16(6-4-14)20-13-21(17-7-9-18(25)10-8-17)28-24(27-20)19-11-12-22(30)15(2)23(19)29-26/h3-13,15,30H,26H2,1-2H3. The average Bonchev–Trinajstić information content (AvgIpc) is 2.76. The molecule has 1 unspecified atom stereocenters. The van der Waals surface area contributed by atoms with Gasteiger partial charge in [0.1, 0.15) is 11.6 Å². The first kappa shape index (κ1) is 19.5. The summed E-state index contributed by atoms with van der Waals surface area (Å²) < 4.78 is 13.4. The van der Waals surface area contributed by atoms with Crippen molar-refractivity contribution < 1.29 is 9.50 Å². The van der Waals surface area contributed by atoms with Crippen LogP contribution in [-0.2, 0) is 0 Å². The van der Waals surface area contributed by atoms with Crippen molar-refractivity contribution in [2.24, 2.45) is 16.9 Å². The highest BCUT2D eigenvalue weighted by Crippen LogP contribution is 2.30. The summed E-state index contributed by atoms with van der Waals surface area (Å²) >= 11 is 0. The van der Waals surface area contributed by atoms with E-state index in [1.807, 2.05) is 44.2 Å². The van der Waals surface area contributed by atoms with Crippen molar-refractivity contribution in [3.05, 3.63) is 89.7 Å². The fourth-order valence-electron chi connectivity index (χ4n) is 3.35. The van der Waals surface area contributed by atoms with Crippen molar-refractivity contribution in [2.75, 3.05) is 0 Å². The normalized spacial score (nSPS) is 17.6. The number of allylic oxidation sites excluding steroid dienone is 4. The smallest absolute Gasteiger partial charge is 0.162 e. The summed E-state index contributed by atoms with van der Waals surface area (Å²) in [6, 6.07) is 16.1. The Hall–Kier alpha value is -3.80. The lowest BCUT2D eigenvalue weighted by atomic mass is 9.91. The molecule has 1 aromatic heterocycles. The molecule has 3 N–H and O–H groups in total. The summed E-state index contributed by atoms with van der Waals surface area (Å²) in [5.74, 6) is 5.57. The van der Waals surface area contributed by atoms with Crippen LogP contribution in [0.2, 0.25) is 0 Å². The number of aromatic nitrogens is 2. The van der Waals surface area contributed by atoms with E-state index in [-0.39, 0.29) is 17.5 Å². The molecule has 2 aromatic carbocycles. The van der Waals surface area contributed by atoms with Gasteiger partial charge in [-0.1, -0.05) is 29.8 Å². The van der Waals surface area contributed by atoms with Gasteiger partial charge in [0.2, 0.25) is 0 Å². The Bertz CT molecular complexity index is 1120. The molecule has 4 rings (SSSR count). The maximum atomic E-state index is 13.4. The van der Waals surface area contributed by atoms with Crippen LogP contribution in [0.15, 0.2) is 77.6 Å². The SMILES string of the molecule is Cc1ccc(-c2cc(-c3ccc(F)cc3)nc(C3=CC=C(O)C(C)C3=NN)n2)cc1. The third kappa shape index (κ3) is 3.72. The van der Waals surface area contributed by atoms with Crippen LogP contribution in [0.4, 0.5) is 4.39 Å².